The van der Waals surface area contributed by atoms with Gasteiger partial charge in [-0.15, -0.1) is 0 Å². The van der Waals surface area contributed by atoms with Crippen LogP contribution in [-0.4, -0.2) is 20.5 Å². The molecule has 0 aromatic carbocycles. The normalized spacial score (nSPS) is 12.9. The first-order valence-electron chi connectivity index (χ1n) is 5.25. The second-order valence-corrected chi connectivity index (χ2v) is 4.01. The van der Waals surface area contributed by atoms with E-state index in [1.165, 1.54) is 0 Å². The second-order valence-electron chi connectivity index (χ2n) is 4.01. The number of carbonyl (C=O) groups is 1. The van der Waals surface area contributed by atoms with Gasteiger partial charge in [0, 0.05) is 12.6 Å². The Hall–Kier alpha value is -1.84. The minimum Gasteiger partial charge on any atom is -0.481 e. The number of carboxylic acid groups (broad SMARTS) is 1. The number of nitrogens with zero attached hydrogens (tertiary/aromatic N) is 2. The van der Waals surface area contributed by atoms with Crippen LogP contribution in [0.3, 0.4) is 0 Å². The van der Waals surface area contributed by atoms with E-state index in [9.17, 15) is 4.79 Å². The number of aryl methyl sites for hydroxylation is 1. The predicted octanol–water partition coefficient (Wildman–Crippen LogP) is 1.91. The summed E-state index contributed by atoms with van der Waals surface area (Å²) in [6, 6.07) is 5.83. The highest BCUT2D eigenvalue weighted by Crippen LogP contribution is 2.16. The van der Waals surface area contributed by atoms with Crippen molar-refractivity contribution in [2.24, 2.45) is 5.92 Å². The summed E-state index contributed by atoms with van der Waals surface area (Å²) in [6.07, 6.45) is 2.41. The fourth-order valence-corrected chi connectivity index (χ4v) is 1.79. The molecule has 0 aliphatic rings. The van der Waals surface area contributed by atoms with Gasteiger partial charge in [-0.3, -0.25) is 4.79 Å². The summed E-state index contributed by atoms with van der Waals surface area (Å²) in [7, 11) is 0. The van der Waals surface area contributed by atoms with Crippen molar-refractivity contribution in [2.45, 2.75) is 20.3 Å². The number of imidazole rings is 1. The van der Waals surface area contributed by atoms with Crippen LogP contribution in [0.5, 0.6) is 0 Å². The lowest BCUT2D eigenvalue weighted by Crippen LogP contribution is -2.12. The van der Waals surface area contributed by atoms with Gasteiger partial charge in [0.15, 0.2) is 0 Å². The smallest absolute Gasteiger partial charge is 0.306 e. The molecule has 0 bridgehead atoms. The van der Waals surface area contributed by atoms with E-state index in [1.54, 1.807) is 6.92 Å². The molecule has 0 radical (unpaired) electrons. The van der Waals surface area contributed by atoms with E-state index in [1.807, 2.05) is 35.7 Å². The Balaban J connectivity index is 2.42. The van der Waals surface area contributed by atoms with E-state index in [4.69, 9.17) is 5.11 Å². The third kappa shape index (κ3) is 1.78. The van der Waals surface area contributed by atoms with Crippen molar-refractivity contribution in [3.8, 4) is 0 Å². The number of carboxylic acids is 1. The average molecular weight is 218 g/mol. The summed E-state index contributed by atoms with van der Waals surface area (Å²) in [4.78, 5) is 15.2. The lowest BCUT2D eigenvalue weighted by Gasteiger charge is -2.03. The Labute approximate surface area is 93.5 Å². The zero-order chi connectivity index (χ0) is 11.7. The molecule has 0 spiro atoms. The third-order valence-corrected chi connectivity index (χ3v) is 2.72. The Morgan fingerprint density at radius 1 is 1.56 bits per heavy atom. The Bertz CT molecular complexity index is 531. The lowest BCUT2D eigenvalue weighted by molar-refractivity contribution is -0.141. The molecule has 0 fully saturated rings. The van der Waals surface area contributed by atoms with Gasteiger partial charge >= 0.3 is 5.97 Å². The van der Waals surface area contributed by atoms with Gasteiger partial charge < -0.3 is 9.51 Å². The topological polar surface area (TPSA) is 54.6 Å². The van der Waals surface area contributed by atoms with E-state index in [2.05, 4.69) is 4.98 Å². The quantitative estimate of drug-likeness (QED) is 0.856. The van der Waals surface area contributed by atoms with Gasteiger partial charge in [0.1, 0.15) is 5.82 Å². The molecule has 2 rings (SSSR count). The monoisotopic (exact) mass is 218 g/mol. The number of rotatable bonds is 3. The number of aliphatic carboxylic acids is 1. The molecular formula is C12H14N2O2. The molecule has 2 heterocycles. The summed E-state index contributed by atoms with van der Waals surface area (Å²) in [6.45, 7) is 3.62. The van der Waals surface area contributed by atoms with Crippen molar-refractivity contribution >= 4 is 11.5 Å². The van der Waals surface area contributed by atoms with Crippen LogP contribution in [0.4, 0.5) is 0 Å². The molecule has 1 N–H and O–H groups in total. The standard InChI is InChI=1S/C12H14N2O2/c1-8(12(15)16)7-10-11-5-3-4-6-14(11)9(2)13-10/h3-6,8H,7H2,1-2H3,(H,15,16). The molecule has 0 amide bonds. The number of hydrogen-bond acceptors (Lipinski definition) is 2. The van der Waals surface area contributed by atoms with Crippen molar-refractivity contribution < 1.29 is 9.90 Å². The summed E-state index contributed by atoms with van der Waals surface area (Å²) in [5, 5.41) is 8.89. The molecule has 0 aliphatic carbocycles. The molecule has 16 heavy (non-hydrogen) atoms. The fraction of sp³-hybridized carbons (Fsp3) is 0.333. The van der Waals surface area contributed by atoms with Crippen molar-refractivity contribution in [3.05, 3.63) is 35.9 Å². The van der Waals surface area contributed by atoms with Crippen LogP contribution in [0.1, 0.15) is 18.4 Å². The van der Waals surface area contributed by atoms with Crippen molar-refractivity contribution in [1.29, 1.82) is 0 Å². The van der Waals surface area contributed by atoms with Crippen LogP contribution in [0.25, 0.3) is 5.52 Å². The Morgan fingerprint density at radius 3 is 3.00 bits per heavy atom. The molecule has 0 saturated carbocycles. The highest BCUT2D eigenvalue weighted by molar-refractivity contribution is 5.70. The zero-order valence-electron chi connectivity index (χ0n) is 9.34. The highest BCUT2D eigenvalue weighted by Gasteiger charge is 2.16. The first-order valence-corrected chi connectivity index (χ1v) is 5.25. The molecule has 2 aromatic rings. The van der Waals surface area contributed by atoms with Gasteiger partial charge in [-0.1, -0.05) is 13.0 Å². The number of aromatic nitrogens is 2. The lowest BCUT2D eigenvalue weighted by atomic mass is 10.1. The summed E-state index contributed by atoms with van der Waals surface area (Å²) in [5.41, 5.74) is 1.85. The second kappa shape index (κ2) is 3.96. The van der Waals surface area contributed by atoms with E-state index in [-0.39, 0.29) is 0 Å². The molecule has 0 saturated heterocycles. The van der Waals surface area contributed by atoms with E-state index >= 15 is 0 Å². The van der Waals surface area contributed by atoms with Gasteiger partial charge in [0.2, 0.25) is 0 Å². The van der Waals surface area contributed by atoms with Crippen molar-refractivity contribution in [3.63, 3.8) is 0 Å². The first-order chi connectivity index (χ1) is 7.59. The zero-order valence-corrected chi connectivity index (χ0v) is 9.34. The van der Waals surface area contributed by atoms with Crippen molar-refractivity contribution in [2.75, 3.05) is 0 Å². The van der Waals surface area contributed by atoms with E-state index in [0.29, 0.717) is 6.42 Å². The van der Waals surface area contributed by atoms with Crippen LogP contribution in [0, 0.1) is 12.8 Å². The number of hydrogen-bond donors (Lipinski definition) is 1. The summed E-state index contributed by atoms with van der Waals surface area (Å²) >= 11 is 0. The van der Waals surface area contributed by atoms with Crippen LogP contribution >= 0.6 is 0 Å². The molecule has 84 valence electrons. The molecule has 1 unspecified atom stereocenters. The minimum absolute atomic E-state index is 0.404. The Morgan fingerprint density at radius 2 is 2.31 bits per heavy atom. The SMILES string of the molecule is Cc1nc(CC(C)C(=O)O)c2ccccn12. The molecule has 4 heteroatoms. The molecule has 0 aliphatic heterocycles. The number of pyridine rings is 1. The van der Waals surface area contributed by atoms with Crippen LogP contribution in [-0.2, 0) is 11.2 Å². The van der Waals surface area contributed by atoms with E-state index in [0.717, 1.165) is 17.0 Å². The first kappa shape index (κ1) is 10.7. The van der Waals surface area contributed by atoms with Crippen LogP contribution in [0.2, 0.25) is 0 Å². The number of fused-ring (bicyclic) bond motifs is 1. The third-order valence-electron chi connectivity index (χ3n) is 2.72. The highest BCUT2D eigenvalue weighted by atomic mass is 16.4. The van der Waals surface area contributed by atoms with Gasteiger partial charge in [-0.2, -0.15) is 0 Å². The van der Waals surface area contributed by atoms with Gasteiger partial charge in [0.05, 0.1) is 17.1 Å². The largest absolute Gasteiger partial charge is 0.481 e. The van der Waals surface area contributed by atoms with Gasteiger partial charge in [-0.25, -0.2) is 4.98 Å². The van der Waals surface area contributed by atoms with Crippen LogP contribution < -0.4 is 0 Å². The molecule has 2 aromatic heterocycles. The predicted molar refractivity (Wildman–Crippen MR) is 60.4 cm³/mol. The van der Waals surface area contributed by atoms with E-state index < -0.39 is 11.9 Å². The maximum absolute atomic E-state index is 10.8. The van der Waals surface area contributed by atoms with Crippen molar-refractivity contribution in [1.82, 2.24) is 9.38 Å². The molecule has 4 nitrogen and oxygen atoms in total. The fourth-order valence-electron chi connectivity index (χ4n) is 1.79. The van der Waals surface area contributed by atoms with Crippen LogP contribution in [0.15, 0.2) is 24.4 Å². The molecule has 1 atom stereocenters. The maximum Gasteiger partial charge on any atom is 0.306 e. The Kier molecular flexibility index (Phi) is 2.64. The average Bonchev–Trinajstić information content (AvgIpc) is 2.57. The molecular weight excluding hydrogens is 204 g/mol. The summed E-state index contributed by atoms with van der Waals surface area (Å²) < 4.78 is 1.98. The van der Waals surface area contributed by atoms with Gasteiger partial charge in [0.25, 0.3) is 0 Å². The summed E-state index contributed by atoms with van der Waals surface area (Å²) in [5.74, 6) is -0.295. The minimum atomic E-state index is -0.783. The van der Waals surface area contributed by atoms with Gasteiger partial charge in [-0.05, 0) is 19.1 Å². The maximum atomic E-state index is 10.8.